The molecular formula is C20H25N5O3. The summed E-state index contributed by atoms with van der Waals surface area (Å²) >= 11 is 0. The largest absolute Gasteiger partial charge is 0.450 e. The molecule has 0 radical (unpaired) electrons. The minimum absolute atomic E-state index is 0.0441. The Kier molecular flexibility index (Phi) is 6.78. The van der Waals surface area contributed by atoms with Gasteiger partial charge in [0, 0.05) is 44.3 Å². The van der Waals surface area contributed by atoms with Crippen molar-refractivity contribution in [3.8, 4) is 0 Å². The zero-order valence-corrected chi connectivity index (χ0v) is 15.9. The van der Waals surface area contributed by atoms with E-state index in [-0.39, 0.29) is 18.0 Å². The molecule has 0 spiro atoms. The van der Waals surface area contributed by atoms with Crippen LogP contribution in [-0.4, -0.2) is 52.6 Å². The molecule has 3 rings (SSSR count). The molecule has 3 heterocycles. The number of rotatable bonds is 6. The van der Waals surface area contributed by atoms with Crippen molar-refractivity contribution in [3.05, 3.63) is 54.0 Å². The third kappa shape index (κ3) is 5.42. The summed E-state index contributed by atoms with van der Waals surface area (Å²) in [7, 11) is 0. The number of nitrogens with one attached hydrogen (secondary N) is 2. The number of nitrogens with zero attached hydrogens (tertiary/aromatic N) is 3. The Morgan fingerprint density at radius 3 is 2.57 bits per heavy atom. The number of pyridine rings is 2. The second kappa shape index (κ2) is 9.68. The number of ether oxygens (including phenoxy) is 1. The van der Waals surface area contributed by atoms with Crippen LogP contribution in [0.15, 0.2) is 42.9 Å². The highest BCUT2D eigenvalue weighted by Crippen LogP contribution is 2.13. The van der Waals surface area contributed by atoms with Gasteiger partial charge in [-0.25, -0.2) is 9.78 Å². The molecule has 8 nitrogen and oxygen atoms in total. The summed E-state index contributed by atoms with van der Waals surface area (Å²) in [6.45, 7) is 3.97. The van der Waals surface area contributed by atoms with Crippen molar-refractivity contribution in [2.45, 2.75) is 32.4 Å². The molecule has 0 atom stereocenters. The molecule has 1 aliphatic rings. The summed E-state index contributed by atoms with van der Waals surface area (Å²) < 4.78 is 5.01. The summed E-state index contributed by atoms with van der Waals surface area (Å²) in [5.74, 6) is 0.555. The highest BCUT2D eigenvalue weighted by molar-refractivity contribution is 5.94. The first-order valence-electron chi connectivity index (χ1n) is 9.47. The Hall–Kier alpha value is -3.16. The minimum atomic E-state index is -0.286. The average Bonchev–Trinajstić information content (AvgIpc) is 2.74. The third-order valence-electron chi connectivity index (χ3n) is 4.60. The number of hydrogen-bond acceptors (Lipinski definition) is 6. The summed E-state index contributed by atoms with van der Waals surface area (Å²) in [5.41, 5.74) is 1.62. The Morgan fingerprint density at radius 1 is 1.18 bits per heavy atom. The molecule has 0 saturated carbocycles. The lowest BCUT2D eigenvalue weighted by Gasteiger charge is -2.31. The first-order chi connectivity index (χ1) is 13.7. The summed E-state index contributed by atoms with van der Waals surface area (Å²) in [5, 5.41) is 6.23. The van der Waals surface area contributed by atoms with E-state index in [9.17, 15) is 9.59 Å². The minimum Gasteiger partial charge on any atom is -0.450 e. The van der Waals surface area contributed by atoms with Crippen LogP contribution in [0.2, 0.25) is 0 Å². The van der Waals surface area contributed by atoms with Crippen LogP contribution in [0.5, 0.6) is 0 Å². The van der Waals surface area contributed by atoms with Crippen molar-refractivity contribution < 1.29 is 14.3 Å². The normalized spacial score (nSPS) is 14.4. The molecule has 2 aromatic rings. The Labute approximate surface area is 164 Å². The predicted molar refractivity (Wildman–Crippen MR) is 105 cm³/mol. The highest BCUT2D eigenvalue weighted by Gasteiger charge is 2.24. The van der Waals surface area contributed by atoms with Gasteiger partial charge in [0.25, 0.3) is 5.91 Å². The topological polar surface area (TPSA) is 96.5 Å². The van der Waals surface area contributed by atoms with Crippen LogP contribution in [0.3, 0.4) is 0 Å². The highest BCUT2D eigenvalue weighted by atomic mass is 16.6. The number of likely N-dealkylation sites (tertiary alicyclic amines) is 1. The molecule has 0 bridgehead atoms. The molecule has 2 aromatic heterocycles. The number of hydrogen-bond donors (Lipinski definition) is 2. The lowest BCUT2D eigenvalue weighted by Crippen LogP contribution is -2.46. The summed E-state index contributed by atoms with van der Waals surface area (Å²) in [6, 6.07) is 7.46. The molecule has 1 saturated heterocycles. The number of anilines is 1. The van der Waals surface area contributed by atoms with Crippen LogP contribution in [0, 0.1) is 0 Å². The SMILES string of the molecule is CCOC(=O)N1CCC(NC(=O)c2ccc(NCc3ccncc3)nc2)CC1. The fraction of sp³-hybridized carbons (Fsp3) is 0.400. The molecule has 0 unspecified atom stereocenters. The number of piperidine rings is 1. The molecule has 2 N–H and O–H groups in total. The fourth-order valence-corrected chi connectivity index (χ4v) is 3.02. The van der Waals surface area contributed by atoms with Crippen LogP contribution in [0.25, 0.3) is 0 Å². The van der Waals surface area contributed by atoms with E-state index in [1.807, 2.05) is 12.1 Å². The standard InChI is InChI=1S/C20H25N5O3/c1-2-28-20(27)25-11-7-17(8-12-25)24-19(26)16-3-4-18(23-14-16)22-13-15-5-9-21-10-6-15/h3-6,9-10,14,17H,2,7-8,11-13H2,1H3,(H,22,23)(H,24,26). The Morgan fingerprint density at radius 2 is 1.93 bits per heavy atom. The van der Waals surface area contributed by atoms with Crippen LogP contribution >= 0.6 is 0 Å². The maximum atomic E-state index is 12.4. The van der Waals surface area contributed by atoms with Gasteiger partial charge < -0.3 is 20.3 Å². The predicted octanol–water partition coefficient (Wildman–Crippen LogP) is 2.44. The lowest BCUT2D eigenvalue weighted by atomic mass is 10.0. The van der Waals surface area contributed by atoms with Crippen molar-refractivity contribution in [2.24, 2.45) is 0 Å². The van der Waals surface area contributed by atoms with Crippen LogP contribution < -0.4 is 10.6 Å². The third-order valence-corrected chi connectivity index (χ3v) is 4.60. The molecular weight excluding hydrogens is 358 g/mol. The van der Waals surface area contributed by atoms with E-state index >= 15 is 0 Å². The Balaban J connectivity index is 1.45. The first-order valence-corrected chi connectivity index (χ1v) is 9.47. The van der Waals surface area contributed by atoms with E-state index in [0.29, 0.717) is 50.5 Å². The van der Waals surface area contributed by atoms with E-state index in [1.165, 1.54) is 0 Å². The maximum absolute atomic E-state index is 12.4. The van der Waals surface area contributed by atoms with Crippen LogP contribution in [0.4, 0.5) is 10.6 Å². The van der Waals surface area contributed by atoms with Crippen molar-refractivity contribution in [3.63, 3.8) is 0 Å². The van der Waals surface area contributed by atoms with Gasteiger partial charge in [-0.2, -0.15) is 0 Å². The van der Waals surface area contributed by atoms with Crippen molar-refractivity contribution >= 4 is 17.8 Å². The van der Waals surface area contributed by atoms with Gasteiger partial charge in [0.15, 0.2) is 0 Å². The van der Waals surface area contributed by atoms with Crippen molar-refractivity contribution in [1.29, 1.82) is 0 Å². The van der Waals surface area contributed by atoms with E-state index in [0.717, 1.165) is 5.56 Å². The van der Waals surface area contributed by atoms with E-state index in [1.54, 1.807) is 42.5 Å². The second-order valence-corrected chi connectivity index (χ2v) is 6.57. The van der Waals surface area contributed by atoms with Crippen LogP contribution in [-0.2, 0) is 11.3 Å². The van der Waals surface area contributed by atoms with Gasteiger partial charge in [-0.1, -0.05) is 0 Å². The number of carbonyl (C=O) groups excluding carboxylic acids is 2. The van der Waals surface area contributed by atoms with Crippen LogP contribution in [0.1, 0.15) is 35.7 Å². The van der Waals surface area contributed by atoms with Gasteiger partial charge >= 0.3 is 6.09 Å². The van der Waals surface area contributed by atoms with Gasteiger partial charge in [-0.05, 0) is 49.6 Å². The molecule has 1 fully saturated rings. The quantitative estimate of drug-likeness (QED) is 0.795. The summed E-state index contributed by atoms with van der Waals surface area (Å²) in [6.07, 6.45) is 6.20. The van der Waals surface area contributed by atoms with Gasteiger partial charge in [0.1, 0.15) is 5.82 Å². The zero-order valence-electron chi connectivity index (χ0n) is 15.9. The lowest BCUT2D eigenvalue weighted by molar-refractivity contribution is 0.0860. The molecule has 0 aliphatic carbocycles. The van der Waals surface area contributed by atoms with E-state index in [4.69, 9.17) is 4.74 Å². The Bertz CT molecular complexity index is 774. The monoisotopic (exact) mass is 383 g/mol. The molecule has 1 aliphatic heterocycles. The van der Waals surface area contributed by atoms with Gasteiger partial charge in [0.05, 0.1) is 12.2 Å². The molecule has 148 valence electrons. The molecule has 2 amide bonds. The second-order valence-electron chi connectivity index (χ2n) is 6.57. The molecule has 0 aromatic carbocycles. The zero-order chi connectivity index (χ0) is 19.8. The number of aromatic nitrogens is 2. The molecule has 28 heavy (non-hydrogen) atoms. The van der Waals surface area contributed by atoms with Crippen molar-refractivity contribution in [1.82, 2.24) is 20.2 Å². The van der Waals surface area contributed by atoms with Gasteiger partial charge in [-0.3, -0.25) is 9.78 Å². The van der Waals surface area contributed by atoms with E-state index in [2.05, 4.69) is 20.6 Å². The number of carbonyl (C=O) groups is 2. The fourth-order valence-electron chi connectivity index (χ4n) is 3.02. The van der Waals surface area contributed by atoms with Gasteiger partial charge in [0.2, 0.25) is 0 Å². The average molecular weight is 383 g/mol. The van der Waals surface area contributed by atoms with E-state index < -0.39 is 0 Å². The molecule has 8 heteroatoms. The first kappa shape index (κ1) is 19.6. The maximum Gasteiger partial charge on any atom is 0.409 e. The number of amides is 2. The van der Waals surface area contributed by atoms with Crippen molar-refractivity contribution in [2.75, 3.05) is 25.0 Å². The summed E-state index contributed by atoms with van der Waals surface area (Å²) in [4.78, 5) is 34.1. The van der Waals surface area contributed by atoms with Gasteiger partial charge in [-0.15, -0.1) is 0 Å². The smallest absolute Gasteiger partial charge is 0.409 e.